The largest absolute Gasteiger partial charge is 0.468 e. The number of furan rings is 1. The topological polar surface area (TPSA) is 103 Å². The molecule has 1 aliphatic heterocycles. The first-order valence-corrected chi connectivity index (χ1v) is 11.5. The second-order valence-corrected chi connectivity index (χ2v) is 9.90. The van der Waals surface area contributed by atoms with Gasteiger partial charge in [-0.05, 0) is 30.7 Å². The molecular weight excluding hydrogens is 406 g/mol. The van der Waals surface area contributed by atoms with Gasteiger partial charge in [-0.3, -0.25) is 18.7 Å². The number of hydrogen-bond acceptors (Lipinski definition) is 7. The highest BCUT2D eigenvalue weighted by Gasteiger charge is 2.33. The minimum Gasteiger partial charge on any atom is -0.468 e. The van der Waals surface area contributed by atoms with E-state index < -0.39 is 9.84 Å². The molecule has 1 fully saturated rings. The third-order valence-corrected chi connectivity index (χ3v) is 7.45. The zero-order chi connectivity index (χ0) is 20.9. The highest BCUT2D eigenvalue weighted by Crippen LogP contribution is 2.23. The van der Waals surface area contributed by atoms with Crippen LogP contribution in [-0.2, 0) is 30.0 Å². The fraction of sp³-hybridized carbons (Fsp3) is 0.350. The Hall–Kier alpha value is -2.98. The molecule has 30 heavy (non-hydrogen) atoms. The van der Waals surface area contributed by atoms with Crippen molar-refractivity contribution in [3.8, 4) is 0 Å². The van der Waals surface area contributed by atoms with Crippen molar-refractivity contribution in [1.29, 1.82) is 0 Å². The Morgan fingerprint density at radius 2 is 2.00 bits per heavy atom. The smallest absolute Gasteiger partial charge is 0.262 e. The monoisotopic (exact) mass is 427 g/mol. The van der Waals surface area contributed by atoms with E-state index in [1.54, 1.807) is 19.4 Å². The lowest BCUT2D eigenvalue weighted by Crippen LogP contribution is -2.36. The van der Waals surface area contributed by atoms with Crippen LogP contribution < -0.4 is 5.56 Å². The maximum atomic E-state index is 12.7. The van der Waals surface area contributed by atoms with E-state index in [0.29, 0.717) is 36.5 Å². The summed E-state index contributed by atoms with van der Waals surface area (Å²) in [6.45, 7) is 0.843. The van der Waals surface area contributed by atoms with Crippen LogP contribution in [0.4, 0.5) is 0 Å². The van der Waals surface area contributed by atoms with E-state index in [0.717, 1.165) is 11.3 Å². The summed E-state index contributed by atoms with van der Waals surface area (Å²) in [6.07, 6.45) is 2.17. The average molecular weight is 427 g/mol. The van der Waals surface area contributed by atoms with Gasteiger partial charge in [0.1, 0.15) is 5.76 Å². The quantitative estimate of drug-likeness (QED) is 0.474. The van der Waals surface area contributed by atoms with Gasteiger partial charge in [-0.25, -0.2) is 8.42 Å². The number of fused-ring (bicyclic) bond motifs is 3. The molecule has 3 aromatic heterocycles. The minimum atomic E-state index is -3.05. The van der Waals surface area contributed by atoms with E-state index in [1.807, 2.05) is 34.7 Å². The first kappa shape index (κ1) is 19.0. The predicted octanol–water partition coefficient (Wildman–Crippen LogP) is 1.36. The van der Waals surface area contributed by atoms with Crippen molar-refractivity contribution in [2.75, 3.05) is 11.5 Å². The number of para-hydroxylation sites is 1. The Labute approximate surface area is 172 Å². The van der Waals surface area contributed by atoms with E-state index >= 15 is 0 Å². The van der Waals surface area contributed by atoms with Crippen LogP contribution in [0.25, 0.3) is 16.7 Å². The standard InChI is InChI=1S/C20H21N5O4S/c1-23-19(26)16-6-2-3-7-17(16)25-18(21-22-20(23)25)12-24(11-15-5-4-9-29-15)14-8-10-30(27,28)13-14/h2-7,9,14H,8,10-13H2,1H3. The van der Waals surface area contributed by atoms with Gasteiger partial charge in [-0.1, -0.05) is 12.1 Å². The van der Waals surface area contributed by atoms with Gasteiger partial charge in [0.25, 0.3) is 5.56 Å². The van der Waals surface area contributed by atoms with E-state index in [2.05, 4.69) is 15.1 Å². The van der Waals surface area contributed by atoms with Gasteiger partial charge >= 0.3 is 0 Å². The number of benzene rings is 1. The molecule has 9 nitrogen and oxygen atoms in total. The number of nitrogens with zero attached hydrogens (tertiary/aromatic N) is 5. The Kier molecular flexibility index (Phi) is 4.48. The van der Waals surface area contributed by atoms with Crippen LogP contribution in [0.3, 0.4) is 0 Å². The zero-order valence-electron chi connectivity index (χ0n) is 16.4. The molecule has 0 saturated carbocycles. The van der Waals surface area contributed by atoms with Crippen LogP contribution in [0, 0.1) is 0 Å². The molecule has 0 radical (unpaired) electrons. The number of aryl methyl sites for hydroxylation is 1. The lowest BCUT2D eigenvalue weighted by atomic mass is 10.2. The summed E-state index contributed by atoms with van der Waals surface area (Å²) >= 11 is 0. The SMILES string of the molecule is Cn1c(=O)c2ccccc2n2c(CN(Cc3ccco3)C3CCS(=O)(=O)C3)nnc12. The summed E-state index contributed by atoms with van der Waals surface area (Å²) < 4.78 is 33.1. The van der Waals surface area contributed by atoms with Gasteiger partial charge in [-0.15, -0.1) is 10.2 Å². The molecular formula is C20H21N5O4S. The molecule has 0 N–H and O–H groups in total. The molecule has 1 aromatic carbocycles. The molecule has 0 bridgehead atoms. The van der Waals surface area contributed by atoms with Gasteiger partial charge in [0.2, 0.25) is 5.78 Å². The van der Waals surface area contributed by atoms with Crippen LogP contribution in [0.1, 0.15) is 18.0 Å². The van der Waals surface area contributed by atoms with E-state index in [-0.39, 0.29) is 23.1 Å². The van der Waals surface area contributed by atoms with Crippen LogP contribution >= 0.6 is 0 Å². The Morgan fingerprint density at radius 1 is 1.17 bits per heavy atom. The van der Waals surface area contributed by atoms with Gasteiger partial charge in [-0.2, -0.15) is 0 Å². The van der Waals surface area contributed by atoms with Crippen molar-refractivity contribution in [1.82, 2.24) is 24.1 Å². The number of aromatic nitrogens is 4. The molecule has 1 unspecified atom stereocenters. The fourth-order valence-electron chi connectivity index (χ4n) is 4.16. The van der Waals surface area contributed by atoms with E-state index in [9.17, 15) is 13.2 Å². The Morgan fingerprint density at radius 3 is 2.73 bits per heavy atom. The van der Waals surface area contributed by atoms with Gasteiger partial charge in [0, 0.05) is 13.1 Å². The summed E-state index contributed by atoms with van der Waals surface area (Å²) in [5.74, 6) is 2.15. The summed E-state index contributed by atoms with van der Waals surface area (Å²) in [6, 6.07) is 10.9. The summed E-state index contributed by atoms with van der Waals surface area (Å²) in [7, 11) is -1.38. The zero-order valence-corrected chi connectivity index (χ0v) is 17.2. The molecule has 156 valence electrons. The lowest BCUT2D eigenvalue weighted by molar-refractivity contribution is 0.174. The molecule has 1 saturated heterocycles. The van der Waals surface area contributed by atoms with E-state index in [4.69, 9.17) is 4.42 Å². The number of rotatable bonds is 5. The van der Waals surface area contributed by atoms with Crippen LogP contribution in [-0.4, -0.2) is 50.0 Å². The maximum absolute atomic E-state index is 12.7. The molecule has 1 aliphatic rings. The third kappa shape index (κ3) is 3.21. The summed E-state index contributed by atoms with van der Waals surface area (Å²) in [4.78, 5) is 14.7. The highest BCUT2D eigenvalue weighted by molar-refractivity contribution is 7.91. The van der Waals surface area contributed by atoms with Crippen LogP contribution in [0.15, 0.2) is 51.9 Å². The number of sulfone groups is 1. The predicted molar refractivity (Wildman–Crippen MR) is 111 cm³/mol. The van der Waals surface area contributed by atoms with Crippen molar-refractivity contribution in [2.24, 2.45) is 7.05 Å². The van der Waals surface area contributed by atoms with Crippen molar-refractivity contribution in [3.63, 3.8) is 0 Å². The summed E-state index contributed by atoms with van der Waals surface area (Å²) in [5.41, 5.74) is 0.596. The Balaban J connectivity index is 1.60. The average Bonchev–Trinajstić information content (AvgIpc) is 3.46. The lowest BCUT2D eigenvalue weighted by Gasteiger charge is -2.26. The van der Waals surface area contributed by atoms with Crippen LogP contribution in [0.2, 0.25) is 0 Å². The molecule has 0 spiro atoms. The van der Waals surface area contributed by atoms with Crippen molar-refractivity contribution >= 4 is 26.5 Å². The second kappa shape index (κ2) is 7.06. The van der Waals surface area contributed by atoms with Crippen LogP contribution in [0.5, 0.6) is 0 Å². The molecule has 4 aromatic rings. The van der Waals surface area contributed by atoms with E-state index in [1.165, 1.54) is 4.57 Å². The summed E-state index contributed by atoms with van der Waals surface area (Å²) in [5, 5.41) is 9.18. The first-order chi connectivity index (χ1) is 14.4. The van der Waals surface area contributed by atoms with Crippen molar-refractivity contribution in [3.05, 3.63) is 64.6 Å². The molecule has 0 aliphatic carbocycles. The maximum Gasteiger partial charge on any atom is 0.262 e. The first-order valence-electron chi connectivity index (χ1n) is 9.71. The minimum absolute atomic E-state index is 0.115. The molecule has 4 heterocycles. The molecule has 10 heteroatoms. The van der Waals surface area contributed by atoms with Gasteiger partial charge < -0.3 is 4.42 Å². The molecule has 1 atom stereocenters. The normalized spacial score (nSPS) is 18.7. The van der Waals surface area contributed by atoms with Crippen molar-refractivity contribution < 1.29 is 12.8 Å². The molecule has 5 rings (SSSR count). The Bertz CT molecular complexity index is 1390. The third-order valence-electron chi connectivity index (χ3n) is 5.70. The van der Waals surface area contributed by atoms with Gasteiger partial charge in [0.05, 0.1) is 41.8 Å². The second-order valence-electron chi connectivity index (χ2n) is 7.67. The molecule has 0 amide bonds. The number of hydrogen-bond donors (Lipinski definition) is 0. The van der Waals surface area contributed by atoms with Gasteiger partial charge in [0.15, 0.2) is 15.7 Å². The highest BCUT2D eigenvalue weighted by atomic mass is 32.2. The van der Waals surface area contributed by atoms with Crippen molar-refractivity contribution in [2.45, 2.75) is 25.6 Å². The fourth-order valence-corrected chi connectivity index (χ4v) is 5.92.